The van der Waals surface area contributed by atoms with E-state index < -0.39 is 22.1 Å². The molecule has 2 N–H and O–H groups in total. The molecule has 1 aromatic carbocycles. The highest BCUT2D eigenvalue weighted by atomic mass is 32.2. The van der Waals surface area contributed by atoms with Crippen LogP contribution in [0.5, 0.6) is 0 Å². The van der Waals surface area contributed by atoms with Crippen LogP contribution in [0.4, 0.5) is 13.2 Å². The third-order valence-electron chi connectivity index (χ3n) is 3.94. The molecule has 1 aromatic heterocycles. The molecule has 2 aromatic rings. The van der Waals surface area contributed by atoms with E-state index in [0.29, 0.717) is 21.7 Å². The highest BCUT2D eigenvalue weighted by Gasteiger charge is 2.43. The molecule has 1 aliphatic heterocycles. The van der Waals surface area contributed by atoms with Crippen molar-refractivity contribution in [2.24, 2.45) is 0 Å². The Balaban J connectivity index is 1.79. The Morgan fingerprint density at radius 3 is 2.73 bits per heavy atom. The van der Waals surface area contributed by atoms with Crippen molar-refractivity contribution in [3.05, 3.63) is 41.2 Å². The molecule has 12 heteroatoms. The number of fused-ring (bicyclic) bond motifs is 1. The number of aromatic nitrogens is 3. The first-order valence-corrected chi connectivity index (χ1v) is 8.97. The third-order valence-corrected chi connectivity index (χ3v) is 5.34. The smallest absolute Gasteiger partial charge is 0.330 e. The molecule has 0 radical (unpaired) electrons. The Kier molecular flexibility index (Phi) is 4.71. The lowest BCUT2D eigenvalue weighted by atomic mass is 10.00. The van der Waals surface area contributed by atoms with Gasteiger partial charge in [-0.1, -0.05) is 6.07 Å². The van der Waals surface area contributed by atoms with Gasteiger partial charge in [0.25, 0.3) is 0 Å². The minimum absolute atomic E-state index is 0.0676. The molecule has 2 heterocycles. The molecule has 0 saturated heterocycles. The summed E-state index contributed by atoms with van der Waals surface area (Å²) in [5.41, 5.74) is 1.47. The number of rotatable bonds is 4. The lowest BCUT2D eigenvalue weighted by Gasteiger charge is -2.29. The summed E-state index contributed by atoms with van der Waals surface area (Å²) in [7, 11) is -3.89. The highest BCUT2D eigenvalue weighted by molar-refractivity contribution is 7.89. The SMILES string of the molecule is O=C(N1CCc2ccc(S(=O)(=O)NCc3cn[nH]n3)cc2C1)C(F)(F)F. The zero-order valence-electron chi connectivity index (χ0n) is 13.2. The summed E-state index contributed by atoms with van der Waals surface area (Å²) in [4.78, 5) is 12.0. The fourth-order valence-corrected chi connectivity index (χ4v) is 3.67. The average Bonchev–Trinajstić information content (AvgIpc) is 3.11. The average molecular weight is 389 g/mol. The largest absolute Gasteiger partial charge is 0.471 e. The zero-order chi connectivity index (χ0) is 18.9. The lowest BCUT2D eigenvalue weighted by molar-refractivity contribution is -0.186. The first-order chi connectivity index (χ1) is 12.2. The zero-order valence-corrected chi connectivity index (χ0v) is 14.1. The first-order valence-electron chi connectivity index (χ1n) is 7.49. The molecule has 0 saturated carbocycles. The van der Waals surface area contributed by atoms with Crippen LogP contribution in [0.15, 0.2) is 29.3 Å². The number of alkyl halides is 3. The number of halogens is 3. The second-order valence-electron chi connectivity index (χ2n) is 5.69. The van der Waals surface area contributed by atoms with Crippen molar-refractivity contribution < 1.29 is 26.4 Å². The molecular weight excluding hydrogens is 375 g/mol. The van der Waals surface area contributed by atoms with Crippen molar-refractivity contribution in [2.75, 3.05) is 6.54 Å². The van der Waals surface area contributed by atoms with Crippen LogP contribution in [0, 0.1) is 0 Å². The van der Waals surface area contributed by atoms with Gasteiger partial charge >= 0.3 is 12.1 Å². The van der Waals surface area contributed by atoms with Gasteiger partial charge < -0.3 is 4.90 Å². The maximum atomic E-state index is 12.6. The molecule has 0 fully saturated rings. The predicted octanol–water partition coefficient (Wildman–Crippen LogP) is 0.730. The van der Waals surface area contributed by atoms with Crippen LogP contribution in [0.1, 0.15) is 16.8 Å². The van der Waals surface area contributed by atoms with E-state index in [0.717, 1.165) is 0 Å². The summed E-state index contributed by atoms with van der Waals surface area (Å²) < 4.78 is 64.9. The lowest BCUT2D eigenvalue weighted by Crippen LogP contribution is -2.43. The van der Waals surface area contributed by atoms with Gasteiger partial charge in [0.1, 0.15) is 0 Å². The number of amides is 1. The highest BCUT2D eigenvalue weighted by Crippen LogP contribution is 2.26. The number of carbonyl (C=O) groups is 1. The van der Waals surface area contributed by atoms with Crippen LogP contribution >= 0.6 is 0 Å². The molecule has 0 atom stereocenters. The number of nitrogens with zero attached hydrogens (tertiary/aromatic N) is 3. The summed E-state index contributed by atoms with van der Waals surface area (Å²) in [5, 5.41) is 9.63. The van der Waals surface area contributed by atoms with Gasteiger partial charge in [-0.15, -0.1) is 0 Å². The maximum absolute atomic E-state index is 12.6. The summed E-state index contributed by atoms with van der Waals surface area (Å²) in [6, 6.07) is 4.22. The van der Waals surface area contributed by atoms with E-state index >= 15 is 0 Å². The summed E-state index contributed by atoms with van der Waals surface area (Å²) in [6.07, 6.45) is -3.37. The third kappa shape index (κ3) is 3.85. The van der Waals surface area contributed by atoms with Gasteiger partial charge in [-0.25, -0.2) is 13.1 Å². The minimum atomic E-state index is -4.96. The normalized spacial score (nSPS) is 15.0. The number of hydrogen-bond acceptors (Lipinski definition) is 5. The number of nitrogens with one attached hydrogen (secondary N) is 2. The Hall–Kier alpha value is -2.47. The van der Waals surface area contributed by atoms with Crippen molar-refractivity contribution in [1.82, 2.24) is 25.0 Å². The van der Waals surface area contributed by atoms with Gasteiger partial charge in [0.2, 0.25) is 10.0 Å². The topological polar surface area (TPSA) is 108 Å². The van der Waals surface area contributed by atoms with Crippen LogP contribution in [0.3, 0.4) is 0 Å². The van der Waals surface area contributed by atoms with Gasteiger partial charge in [0.15, 0.2) is 0 Å². The summed E-state index contributed by atoms with van der Waals surface area (Å²) >= 11 is 0. The van der Waals surface area contributed by atoms with Crippen molar-refractivity contribution in [1.29, 1.82) is 0 Å². The van der Waals surface area contributed by atoms with Gasteiger partial charge in [-0.2, -0.15) is 28.6 Å². The fraction of sp³-hybridized carbons (Fsp3) is 0.357. The van der Waals surface area contributed by atoms with Crippen molar-refractivity contribution >= 4 is 15.9 Å². The van der Waals surface area contributed by atoms with E-state index in [-0.39, 0.29) is 31.0 Å². The number of sulfonamides is 1. The first kappa shape index (κ1) is 18.3. The standard InChI is InChI=1S/C14H14F3N5O3S/c15-14(16,17)13(23)22-4-3-9-1-2-12(5-10(9)8-22)26(24,25)19-7-11-6-18-21-20-11/h1-2,5-6,19H,3-4,7-8H2,(H,18,20,21). The van der Waals surface area contributed by atoms with Gasteiger partial charge in [-0.05, 0) is 29.7 Å². The van der Waals surface area contributed by atoms with Crippen molar-refractivity contribution in [3.63, 3.8) is 0 Å². The van der Waals surface area contributed by atoms with Crippen LogP contribution < -0.4 is 4.72 Å². The number of benzene rings is 1. The number of H-pyrrole nitrogens is 1. The van der Waals surface area contributed by atoms with Crippen LogP contribution in [-0.4, -0.2) is 47.4 Å². The second-order valence-corrected chi connectivity index (χ2v) is 7.46. The van der Waals surface area contributed by atoms with Crippen LogP contribution in [0.2, 0.25) is 0 Å². The Morgan fingerprint density at radius 1 is 1.31 bits per heavy atom. The molecule has 26 heavy (non-hydrogen) atoms. The number of hydrogen-bond donors (Lipinski definition) is 2. The molecule has 1 amide bonds. The molecule has 3 rings (SSSR count). The summed E-state index contributed by atoms with van der Waals surface area (Å²) in [6.45, 7) is -0.448. The monoisotopic (exact) mass is 389 g/mol. The molecule has 0 unspecified atom stereocenters. The van der Waals surface area contributed by atoms with E-state index in [9.17, 15) is 26.4 Å². The van der Waals surface area contributed by atoms with E-state index in [1.54, 1.807) is 6.07 Å². The molecule has 0 aliphatic carbocycles. The summed E-state index contributed by atoms with van der Waals surface area (Å²) in [5.74, 6) is -1.93. The fourth-order valence-electron chi connectivity index (χ4n) is 2.62. The minimum Gasteiger partial charge on any atom is -0.330 e. The Labute approximate surface area is 146 Å². The van der Waals surface area contributed by atoms with E-state index in [1.807, 2.05) is 0 Å². The van der Waals surface area contributed by atoms with Crippen LogP contribution in [-0.2, 0) is 34.3 Å². The van der Waals surface area contributed by atoms with Gasteiger partial charge in [0.05, 0.1) is 23.3 Å². The Morgan fingerprint density at radius 2 is 2.08 bits per heavy atom. The van der Waals surface area contributed by atoms with E-state index in [4.69, 9.17) is 0 Å². The molecule has 8 nitrogen and oxygen atoms in total. The number of aromatic amines is 1. The van der Waals surface area contributed by atoms with Gasteiger partial charge in [0, 0.05) is 13.1 Å². The molecule has 0 bridgehead atoms. The molecule has 1 aliphatic rings. The molecular formula is C14H14F3N5O3S. The van der Waals surface area contributed by atoms with E-state index in [2.05, 4.69) is 20.1 Å². The molecule has 0 spiro atoms. The second kappa shape index (κ2) is 6.68. The predicted molar refractivity (Wildman–Crippen MR) is 82.0 cm³/mol. The van der Waals surface area contributed by atoms with E-state index in [1.165, 1.54) is 18.3 Å². The van der Waals surface area contributed by atoms with Crippen molar-refractivity contribution in [3.8, 4) is 0 Å². The molecule has 140 valence electrons. The van der Waals surface area contributed by atoms with Gasteiger partial charge in [-0.3, -0.25) is 4.79 Å². The maximum Gasteiger partial charge on any atom is 0.471 e. The Bertz CT molecular complexity index is 912. The van der Waals surface area contributed by atoms with Crippen LogP contribution in [0.25, 0.3) is 0 Å². The number of carbonyl (C=O) groups excluding carboxylic acids is 1. The van der Waals surface area contributed by atoms with Crippen molar-refractivity contribution in [2.45, 2.75) is 30.6 Å². The quantitative estimate of drug-likeness (QED) is 0.802.